The molecule has 3 aromatic rings. The van der Waals surface area contributed by atoms with Gasteiger partial charge >= 0.3 is 6.18 Å². The number of halogens is 3. The fourth-order valence-corrected chi connectivity index (χ4v) is 2.46. The molecule has 10 heteroatoms. The predicted octanol–water partition coefficient (Wildman–Crippen LogP) is 2.46. The second-order valence-electron chi connectivity index (χ2n) is 5.66. The highest BCUT2D eigenvalue weighted by molar-refractivity contribution is 5.44. The zero-order chi connectivity index (χ0) is 17.5. The fourth-order valence-electron chi connectivity index (χ4n) is 2.46. The van der Waals surface area contributed by atoms with Gasteiger partial charge in [-0.2, -0.15) is 22.8 Å². The first-order chi connectivity index (χ1) is 11.2. The highest BCUT2D eigenvalue weighted by Gasteiger charge is 2.37. The number of aromatic nitrogens is 6. The van der Waals surface area contributed by atoms with Gasteiger partial charge in [0.1, 0.15) is 5.82 Å². The van der Waals surface area contributed by atoms with Crippen LogP contribution in [0.1, 0.15) is 24.1 Å². The van der Waals surface area contributed by atoms with Crippen LogP contribution in [0.15, 0.2) is 18.2 Å². The van der Waals surface area contributed by atoms with Crippen LogP contribution < -0.4 is 5.32 Å². The summed E-state index contributed by atoms with van der Waals surface area (Å²) in [4.78, 5) is 0. The van der Waals surface area contributed by atoms with Crippen LogP contribution in [0.5, 0.6) is 0 Å². The van der Waals surface area contributed by atoms with Crippen molar-refractivity contribution in [1.29, 1.82) is 0 Å². The third-order valence-corrected chi connectivity index (χ3v) is 3.46. The molecule has 0 saturated heterocycles. The van der Waals surface area contributed by atoms with Crippen LogP contribution in [0.4, 0.5) is 19.0 Å². The SMILES string of the molecule is Cc1cc(C)n(C[C@@H](C)Nc2ccc3nnc(C(F)(F)F)n3n2)n1. The van der Waals surface area contributed by atoms with Crippen molar-refractivity contribution >= 4 is 11.5 Å². The van der Waals surface area contributed by atoms with Crippen molar-refractivity contribution in [2.45, 2.75) is 39.5 Å². The van der Waals surface area contributed by atoms with Gasteiger partial charge in [0, 0.05) is 11.7 Å². The molecule has 0 spiro atoms. The van der Waals surface area contributed by atoms with E-state index >= 15 is 0 Å². The molecule has 0 aliphatic carbocycles. The van der Waals surface area contributed by atoms with Gasteiger partial charge in [0.2, 0.25) is 0 Å². The molecule has 7 nitrogen and oxygen atoms in total. The summed E-state index contributed by atoms with van der Waals surface area (Å²) in [5, 5.41) is 18.0. The maximum Gasteiger partial charge on any atom is 0.453 e. The van der Waals surface area contributed by atoms with Gasteiger partial charge in [-0.15, -0.1) is 15.3 Å². The molecule has 24 heavy (non-hydrogen) atoms. The van der Waals surface area contributed by atoms with Crippen LogP contribution in [0.25, 0.3) is 5.65 Å². The van der Waals surface area contributed by atoms with E-state index in [1.165, 1.54) is 6.07 Å². The number of nitrogens with zero attached hydrogens (tertiary/aromatic N) is 6. The first-order valence-corrected chi connectivity index (χ1v) is 7.31. The predicted molar refractivity (Wildman–Crippen MR) is 80.6 cm³/mol. The van der Waals surface area contributed by atoms with E-state index in [2.05, 4.69) is 25.7 Å². The van der Waals surface area contributed by atoms with Crippen molar-refractivity contribution < 1.29 is 13.2 Å². The number of rotatable bonds is 4. The summed E-state index contributed by atoms with van der Waals surface area (Å²) in [6, 6.07) is 4.89. The van der Waals surface area contributed by atoms with E-state index in [9.17, 15) is 13.2 Å². The van der Waals surface area contributed by atoms with E-state index in [4.69, 9.17) is 0 Å². The lowest BCUT2D eigenvalue weighted by Crippen LogP contribution is -2.24. The molecule has 0 saturated carbocycles. The van der Waals surface area contributed by atoms with E-state index in [-0.39, 0.29) is 11.7 Å². The molecule has 0 radical (unpaired) electrons. The third kappa shape index (κ3) is 3.17. The van der Waals surface area contributed by atoms with E-state index in [0.29, 0.717) is 16.9 Å². The Kier molecular flexibility index (Phi) is 3.90. The Morgan fingerprint density at radius 2 is 1.92 bits per heavy atom. The second-order valence-corrected chi connectivity index (χ2v) is 5.66. The lowest BCUT2D eigenvalue weighted by atomic mass is 10.3. The summed E-state index contributed by atoms with van der Waals surface area (Å²) in [6.07, 6.45) is -4.61. The smallest absolute Gasteiger partial charge is 0.364 e. The Morgan fingerprint density at radius 3 is 2.54 bits per heavy atom. The molecule has 3 heterocycles. The van der Waals surface area contributed by atoms with E-state index in [1.807, 2.05) is 31.5 Å². The van der Waals surface area contributed by atoms with Gasteiger partial charge in [0.15, 0.2) is 5.65 Å². The first-order valence-electron chi connectivity index (χ1n) is 7.31. The molecule has 0 fully saturated rings. The third-order valence-electron chi connectivity index (χ3n) is 3.46. The maximum atomic E-state index is 12.9. The van der Waals surface area contributed by atoms with Gasteiger partial charge in [-0.3, -0.25) is 4.68 Å². The molecular formula is C14H16F3N7. The molecule has 128 valence electrons. The average molecular weight is 339 g/mol. The van der Waals surface area contributed by atoms with Crippen LogP contribution >= 0.6 is 0 Å². The number of alkyl halides is 3. The monoisotopic (exact) mass is 339 g/mol. The lowest BCUT2D eigenvalue weighted by molar-refractivity contribution is -0.146. The van der Waals surface area contributed by atoms with Crippen LogP contribution in [0.3, 0.4) is 0 Å². The van der Waals surface area contributed by atoms with E-state index < -0.39 is 12.0 Å². The number of hydrogen-bond donors (Lipinski definition) is 1. The first kappa shape index (κ1) is 16.2. The van der Waals surface area contributed by atoms with Crippen LogP contribution in [-0.2, 0) is 12.7 Å². The van der Waals surface area contributed by atoms with Crippen LogP contribution in [0, 0.1) is 13.8 Å². The minimum absolute atomic E-state index is 0.0408. The average Bonchev–Trinajstić information content (AvgIpc) is 3.01. The highest BCUT2D eigenvalue weighted by Crippen LogP contribution is 2.27. The minimum atomic E-state index is -4.61. The van der Waals surface area contributed by atoms with Crippen molar-refractivity contribution in [3.05, 3.63) is 35.4 Å². The molecule has 1 N–H and O–H groups in total. The van der Waals surface area contributed by atoms with Gasteiger partial charge in [-0.25, -0.2) is 0 Å². The molecule has 3 aromatic heterocycles. The van der Waals surface area contributed by atoms with Gasteiger partial charge in [0.05, 0.1) is 12.2 Å². The summed E-state index contributed by atoms with van der Waals surface area (Å²) in [5.74, 6) is -0.839. The summed E-state index contributed by atoms with van der Waals surface area (Å²) < 4.78 is 41.2. The Bertz CT molecular complexity index is 865. The Hall–Kier alpha value is -2.65. The van der Waals surface area contributed by atoms with Gasteiger partial charge < -0.3 is 5.32 Å². The van der Waals surface area contributed by atoms with Crippen LogP contribution in [0.2, 0.25) is 0 Å². The van der Waals surface area contributed by atoms with Gasteiger partial charge in [0.25, 0.3) is 5.82 Å². The Morgan fingerprint density at radius 1 is 1.17 bits per heavy atom. The largest absolute Gasteiger partial charge is 0.453 e. The molecule has 0 aromatic carbocycles. The van der Waals surface area contributed by atoms with Crippen molar-refractivity contribution in [1.82, 2.24) is 29.6 Å². The van der Waals surface area contributed by atoms with E-state index in [0.717, 1.165) is 11.4 Å². The number of nitrogens with one attached hydrogen (secondary N) is 1. The maximum absolute atomic E-state index is 12.9. The van der Waals surface area contributed by atoms with Crippen LogP contribution in [-0.4, -0.2) is 35.6 Å². The molecule has 0 amide bonds. The number of aryl methyl sites for hydroxylation is 2. The molecular weight excluding hydrogens is 323 g/mol. The molecule has 0 unspecified atom stereocenters. The fraction of sp³-hybridized carbons (Fsp3) is 0.429. The summed E-state index contributed by atoms with van der Waals surface area (Å²) in [6.45, 7) is 6.32. The quantitative estimate of drug-likeness (QED) is 0.790. The summed E-state index contributed by atoms with van der Waals surface area (Å²) in [5.41, 5.74) is 1.97. The zero-order valence-electron chi connectivity index (χ0n) is 13.3. The van der Waals surface area contributed by atoms with Crippen molar-refractivity contribution in [2.24, 2.45) is 0 Å². The number of hydrogen-bond acceptors (Lipinski definition) is 5. The van der Waals surface area contributed by atoms with Crippen molar-refractivity contribution in [2.75, 3.05) is 5.32 Å². The lowest BCUT2D eigenvalue weighted by Gasteiger charge is -2.15. The molecule has 0 bridgehead atoms. The zero-order valence-corrected chi connectivity index (χ0v) is 13.3. The van der Waals surface area contributed by atoms with Crippen molar-refractivity contribution in [3.8, 4) is 0 Å². The van der Waals surface area contributed by atoms with Gasteiger partial charge in [-0.1, -0.05) is 0 Å². The normalized spacial score (nSPS) is 13.4. The van der Waals surface area contributed by atoms with E-state index in [1.54, 1.807) is 6.07 Å². The molecule has 1 atom stereocenters. The Balaban J connectivity index is 1.80. The Labute approximate surface area is 135 Å². The topological polar surface area (TPSA) is 72.9 Å². The summed E-state index contributed by atoms with van der Waals surface area (Å²) >= 11 is 0. The van der Waals surface area contributed by atoms with Crippen molar-refractivity contribution in [3.63, 3.8) is 0 Å². The minimum Gasteiger partial charge on any atom is -0.364 e. The summed E-state index contributed by atoms with van der Waals surface area (Å²) in [7, 11) is 0. The number of fused-ring (bicyclic) bond motifs is 1. The van der Waals surface area contributed by atoms with Gasteiger partial charge in [-0.05, 0) is 39.0 Å². The standard InChI is InChI=1S/C14H16F3N7/c1-8-6-10(3)23(21-8)7-9(2)18-11-4-5-12-19-20-13(14(15,16)17)24(12)22-11/h4-6,9H,7H2,1-3H3,(H,18,22)/t9-/m1/s1. The molecule has 3 rings (SSSR count). The second kappa shape index (κ2) is 5.77. The molecule has 0 aliphatic heterocycles. The highest BCUT2D eigenvalue weighted by atomic mass is 19.4. The molecule has 0 aliphatic rings. The number of anilines is 1.